The fourth-order valence-electron chi connectivity index (χ4n) is 2.55. The van der Waals surface area contributed by atoms with E-state index in [-0.39, 0.29) is 6.10 Å². The lowest BCUT2D eigenvalue weighted by atomic mass is 9.95. The largest absolute Gasteiger partial charge is 0.480 e. The monoisotopic (exact) mass is 256 g/mol. The Labute approximate surface area is 106 Å². The van der Waals surface area contributed by atoms with Gasteiger partial charge in [0.1, 0.15) is 0 Å². The Morgan fingerprint density at radius 1 is 1.47 bits per heavy atom. The number of nitrogens with zero attached hydrogens (tertiary/aromatic N) is 2. The normalized spacial score (nSPS) is 30.5. The van der Waals surface area contributed by atoms with Gasteiger partial charge >= 0.3 is 0 Å². The molecule has 0 amide bonds. The van der Waals surface area contributed by atoms with E-state index in [0.29, 0.717) is 18.0 Å². The average molecular weight is 256 g/mol. The summed E-state index contributed by atoms with van der Waals surface area (Å²) >= 11 is 1.49. The molecule has 5 heteroatoms. The average Bonchev–Trinajstić information content (AvgIpc) is 2.71. The molecule has 0 spiro atoms. The Hall–Kier alpha value is -0.650. The van der Waals surface area contributed by atoms with Crippen molar-refractivity contribution in [1.82, 2.24) is 9.27 Å². The van der Waals surface area contributed by atoms with E-state index < -0.39 is 0 Å². The van der Waals surface area contributed by atoms with Crippen LogP contribution in [-0.2, 0) is 6.54 Å². The van der Waals surface area contributed by atoms with E-state index in [4.69, 9.17) is 4.74 Å². The molecule has 2 rings (SSSR count). The third kappa shape index (κ3) is 2.97. The van der Waals surface area contributed by atoms with Crippen molar-refractivity contribution in [2.24, 2.45) is 0 Å². The molecule has 1 aromatic rings. The van der Waals surface area contributed by atoms with Crippen molar-refractivity contribution in [3.05, 3.63) is 10.9 Å². The van der Waals surface area contributed by atoms with Crippen LogP contribution in [0.5, 0.6) is 5.88 Å². The van der Waals surface area contributed by atoms with Crippen LogP contribution >= 0.6 is 11.5 Å². The highest BCUT2D eigenvalue weighted by molar-refractivity contribution is 7.05. The standard InChI is InChI=1S/C12H20N2O2S/c1-8-4-10(15)5-9(2)14(8)7-11-6-12(16-3)13-17-11/h6,8-10,15H,4-5,7H2,1-3H3/t8-,9-/m0/s1. The van der Waals surface area contributed by atoms with E-state index in [1.54, 1.807) is 7.11 Å². The molecule has 0 saturated carbocycles. The van der Waals surface area contributed by atoms with Gasteiger partial charge in [0.05, 0.1) is 13.2 Å². The van der Waals surface area contributed by atoms with Crippen LogP contribution in [0.3, 0.4) is 0 Å². The lowest BCUT2D eigenvalue weighted by Crippen LogP contribution is -2.47. The van der Waals surface area contributed by atoms with E-state index >= 15 is 0 Å². The van der Waals surface area contributed by atoms with Gasteiger partial charge in [-0.1, -0.05) is 0 Å². The van der Waals surface area contributed by atoms with Crippen molar-refractivity contribution < 1.29 is 9.84 Å². The summed E-state index contributed by atoms with van der Waals surface area (Å²) in [6.45, 7) is 5.25. The number of ether oxygens (including phenoxy) is 1. The zero-order chi connectivity index (χ0) is 12.4. The quantitative estimate of drug-likeness (QED) is 0.897. The number of likely N-dealkylation sites (tertiary alicyclic amines) is 1. The number of rotatable bonds is 3. The Kier molecular flexibility index (Phi) is 4.01. The highest BCUT2D eigenvalue weighted by Gasteiger charge is 2.30. The number of hydrogen-bond acceptors (Lipinski definition) is 5. The first-order valence-corrected chi connectivity index (χ1v) is 6.81. The summed E-state index contributed by atoms with van der Waals surface area (Å²) in [5.41, 5.74) is 0. The molecule has 1 aliphatic rings. The van der Waals surface area contributed by atoms with Gasteiger partial charge in [0.2, 0.25) is 5.88 Å². The highest BCUT2D eigenvalue weighted by atomic mass is 32.1. The zero-order valence-corrected chi connectivity index (χ0v) is 11.4. The van der Waals surface area contributed by atoms with Gasteiger partial charge in [0, 0.05) is 29.6 Å². The topological polar surface area (TPSA) is 45.6 Å². The Morgan fingerprint density at radius 3 is 2.65 bits per heavy atom. The Bertz CT molecular complexity index is 357. The molecule has 1 aromatic heterocycles. The van der Waals surface area contributed by atoms with Crippen molar-refractivity contribution in [2.45, 2.75) is 51.4 Å². The fraction of sp³-hybridized carbons (Fsp3) is 0.750. The molecular weight excluding hydrogens is 236 g/mol. The van der Waals surface area contributed by atoms with Crippen LogP contribution in [0.2, 0.25) is 0 Å². The molecular formula is C12H20N2O2S. The second kappa shape index (κ2) is 5.33. The van der Waals surface area contributed by atoms with Crippen LogP contribution < -0.4 is 4.74 Å². The van der Waals surface area contributed by atoms with E-state index in [1.807, 2.05) is 6.07 Å². The summed E-state index contributed by atoms with van der Waals surface area (Å²) in [5, 5.41) is 9.72. The molecule has 0 bridgehead atoms. The smallest absolute Gasteiger partial charge is 0.225 e. The number of aromatic nitrogens is 1. The number of hydrogen-bond donors (Lipinski definition) is 1. The summed E-state index contributed by atoms with van der Waals surface area (Å²) in [5.74, 6) is 0.697. The van der Waals surface area contributed by atoms with Gasteiger partial charge in [-0.15, -0.1) is 0 Å². The maximum absolute atomic E-state index is 9.72. The molecule has 1 saturated heterocycles. The minimum absolute atomic E-state index is 0.146. The third-order valence-corrected chi connectivity index (χ3v) is 4.20. The molecule has 0 aromatic carbocycles. The minimum Gasteiger partial charge on any atom is -0.480 e. The molecule has 1 N–H and O–H groups in total. The molecule has 0 radical (unpaired) electrons. The minimum atomic E-state index is -0.146. The van der Waals surface area contributed by atoms with Crippen LogP contribution in [0, 0.1) is 0 Å². The molecule has 1 fully saturated rings. The van der Waals surface area contributed by atoms with Crippen LogP contribution in [0.4, 0.5) is 0 Å². The molecule has 0 aliphatic carbocycles. The molecule has 4 nitrogen and oxygen atoms in total. The summed E-state index contributed by atoms with van der Waals surface area (Å²) in [7, 11) is 1.64. The van der Waals surface area contributed by atoms with Crippen molar-refractivity contribution in [2.75, 3.05) is 7.11 Å². The van der Waals surface area contributed by atoms with Crippen molar-refractivity contribution in [3.63, 3.8) is 0 Å². The molecule has 17 heavy (non-hydrogen) atoms. The fourth-order valence-corrected chi connectivity index (χ4v) is 3.24. The van der Waals surface area contributed by atoms with Gasteiger partial charge < -0.3 is 9.84 Å². The SMILES string of the molecule is COc1cc(CN2[C@@H](C)CC(O)C[C@@H]2C)sn1. The lowest BCUT2D eigenvalue weighted by molar-refractivity contribution is 0.00917. The van der Waals surface area contributed by atoms with E-state index in [2.05, 4.69) is 23.1 Å². The number of piperidine rings is 1. The highest BCUT2D eigenvalue weighted by Crippen LogP contribution is 2.27. The van der Waals surface area contributed by atoms with Crippen LogP contribution in [0.1, 0.15) is 31.6 Å². The van der Waals surface area contributed by atoms with Crippen LogP contribution in [0.25, 0.3) is 0 Å². The van der Waals surface area contributed by atoms with Crippen molar-refractivity contribution >= 4 is 11.5 Å². The van der Waals surface area contributed by atoms with E-state index in [1.165, 1.54) is 16.4 Å². The second-order valence-corrected chi connectivity index (χ2v) is 5.72. The first-order chi connectivity index (χ1) is 8.10. The van der Waals surface area contributed by atoms with Crippen LogP contribution in [0.15, 0.2) is 6.07 Å². The van der Waals surface area contributed by atoms with Gasteiger partial charge in [-0.05, 0) is 38.2 Å². The second-order valence-electron chi connectivity index (χ2n) is 4.83. The van der Waals surface area contributed by atoms with Gasteiger partial charge in [-0.25, -0.2) is 0 Å². The molecule has 96 valence electrons. The number of aliphatic hydroxyl groups is 1. The molecule has 2 heterocycles. The first kappa shape index (κ1) is 12.8. The molecule has 2 atom stereocenters. The Morgan fingerprint density at radius 2 is 2.12 bits per heavy atom. The van der Waals surface area contributed by atoms with Gasteiger partial charge in [0.25, 0.3) is 0 Å². The molecule has 1 aliphatic heterocycles. The van der Waals surface area contributed by atoms with Gasteiger partial charge in [0.15, 0.2) is 0 Å². The van der Waals surface area contributed by atoms with Crippen LogP contribution in [-0.4, -0.2) is 39.7 Å². The summed E-state index contributed by atoms with van der Waals surface area (Å²) in [6.07, 6.45) is 1.58. The van der Waals surface area contributed by atoms with Gasteiger partial charge in [-0.2, -0.15) is 4.37 Å². The zero-order valence-electron chi connectivity index (χ0n) is 10.6. The van der Waals surface area contributed by atoms with E-state index in [9.17, 15) is 5.11 Å². The maximum Gasteiger partial charge on any atom is 0.225 e. The molecule has 0 unspecified atom stereocenters. The lowest BCUT2D eigenvalue weighted by Gasteiger charge is -2.40. The number of aliphatic hydroxyl groups excluding tert-OH is 1. The first-order valence-electron chi connectivity index (χ1n) is 6.03. The summed E-state index contributed by atoms with van der Waals surface area (Å²) < 4.78 is 9.30. The Balaban J connectivity index is 2.01. The predicted octanol–water partition coefficient (Wildman–Crippen LogP) is 1.89. The van der Waals surface area contributed by atoms with Crippen molar-refractivity contribution in [1.29, 1.82) is 0 Å². The van der Waals surface area contributed by atoms with E-state index in [0.717, 1.165) is 19.4 Å². The third-order valence-electron chi connectivity index (χ3n) is 3.44. The predicted molar refractivity (Wildman–Crippen MR) is 68.4 cm³/mol. The summed E-state index contributed by atoms with van der Waals surface area (Å²) in [4.78, 5) is 3.65. The van der Waals surface area contributed by atoms with Gasteiger partial charge in [-0.3, -0.25) is 4.90 Å². The summed E-state index contributed by atoms with van der Waals surface area (Å²) in [6, 6.07) is 2.83. The number of methoxy groups -OCH3 is 1. The van der Waals surface area contributed by atoms with Crippen molar-refractivity contribution in [3.8, 4) is 5.88 Å². The maximum atomic E-state index is 9.72.